The fourth-order valence-corrected chi connectivity index (χ4v) is 2.79. The largest absolute Gasteiger partial charge is 0.489 e. The minimum Gasteiger partial charge on any atom is -0.489 e. The van der Waals surface area contributed by atoms with Crippen LogP contribution in [0, 0.1) is 13.7 Å². The highest BCUT2D eigenvalue weighted by molar-refractivity contribution is 14.1. The van der Waals surface area contributed by atoms with Gasteiger partial charge in [0.25, 0.3) is 5.69 Å². The molecule has 0 aliphatic rings. The van der Waals surface area contributed by atoms with Crippen LogP contribution >= 0.6 is 22.6 Å². The number of halogens is 1. The zero-order chi connectivity index (χ0) is 19.9. The summed E-state index contributed by atoms with van der Waals surface area (Å²) in [5.41, 5.74) is 0.367. The Morgan fingerprint density at radius 1 is 1.25 bits per heavy atom. The second-order valence-electron chi connectivity index (χ2n) is 5.86. The smallest absolute Gasteiger partial charge is 0.338 e. The number of hydrogen-bond donors (Lipinski definition) is 0. The van der Waals surface area contributed by atoms with Gasteiger partial charge in [0.2, 0.25) is 0 Å². The number of non-ortho nitro benzene ring substituents is 1. The molecular formula is C19H16IN3O5. The van der Waals surface area contributed by atoms with Gasteiger partial charge in [-0.05, 0) is 52.9 Å². The molecule has 0 spiro atoms. The summed E-state index contributed by atoms with van der Waals surface area (Å²) in [5, 5.41) is 10.9. The first kappa shape index (κ1) is 19.8. The van der Waals surface area contributed by atoms with Gasteiger partial charge in [-0.2, -0.15) is 0 Å². The van der Waals surface area contributed by atoms with Crippen molar-refractivity contribution in [2.45, 2.75) is 12.6 Å². The number of imidazole rings is 1. The van der Waals surface area contributed by atoms with Crippen molar-refractivity contribution in [3.05, 3.63) is 86.5 Å². The first-order chi connectivity index (χ1) is 13.5. The van der Waals surface area contributed by atoms with Gasteiger partial charge >= 0.3 is 5.97 Å². The fourth-order valence-electron chi connectivity index (χ4n) is 2.44. The molecule has 0 N–H and O–H groups in total. The van der Waals surface area contributed by atoms with E-state index in [1.165, 1.54) is 18.2 Å². The molecule has 1 atom stereocenters. The van der Waals surface area contributed by atoms with Gasteiger partial charge in [-0.25, -0.2) is 9.78 Å². The molecule has 0 amide bonds. The molecule has 0 aliphatic carbocycles. The van der Waals surface area contributed by atoms with Crippen molar-refractivity contribution >= 4 is 34.2 Å². The van der Waals surface area contributed by atoms with Gasteiger partial charge in [-0.1, -0.05) is 6.07 Å². The van der Waals surface area contributed by atoms with Gasteiger partial charge in [-0.3, -0.25) is 10.1 Å². The van der Waals surface area contributed by atoms with Crippen LogP contribution in [0.25, 0.3) is 0 Å². The molecule has 8 nitrogen and oxygen atoms in total. The Balaban J connectivity index is 1.69. The van der Waals surface area contributed by atoms with Gasteiger partial charge in [0, 0.05) is 22.0 Å². The number of ether oxygens (including phenoxy) is 2. The lowest BCUT2D eigenvalue weighted by atomic mass is 10.2. The predicted molar refractivity (Wildman–Crippen MR) is 109 cm³/mol. The predicted octanol–water partition coefficient (Wildman–Crippen LogP) is 3.70. The lowest BCUT2D eigenvalue weighted by Gasteiger charge is -2.19. The van der Waals surface area contributed by atoms with E-state index in [4.69, 9.17) is 9.47 Å². The maximum Gasteiger partial charge on any atom is 0.338 e. The van der Waals surface area contributed by atoms with Crippen molar-refractivity contribution in [1.82, 2.24) is 9.55 Å². The van der Waals surface area contributed by atoms with Gasteiger partial charge in [0.15, 0.2) is 6.10 Å². The van der Waals surface area contributed by atoms with E-state index < -0.39 is 17.0 Å². The zero-order valence-electron chi connectivity index (χ0n) is 14.6. The number of rotatable bonds is 8. The molecule has 3 rings (SSSR count). The molecule has 28 heavy (non-hydrogen) atoms. The number of carbonyl (C=O) groups excluding carboxylic acids is 1. The Morgan fingerprint density at radius 2 is 2.04 bits per heavy atom. The Morgan fingerprint density at radius 3 is 2.71 bits per heavy atom. The summed E-state index contributed by atoms with van der Waals surface area (Å²) < 4.78 is 14.0. The third-order valence-electron chi connectivity index (χ3n) is 3.79. The highest BCUT2D eigenvalue weighted by atomic mass is 127. The van der Waals surface area contributed by atoms with Gasteiger partial charge in [0.1, 0.15) is 12.4 Å². The number of hydrogen-bond acceptors (Lipinski definition) is 6. The maximum atomic E-state index is 12.5. The highest BCUT2D eigenvalue weighted by Gasteiger charge is 2.18. The summed E-state index contributed by atoms with van der Waals surface area (Å²) in [6, 6.07) is 12.9. The molecule has 0 bridgehead atoms. The second kappa shape index (κ2) is 9.31. The Bertz CT molecular complexity index is 944. The van der Waals surface area contributed by atoms with Crippen molar-refractivity contribution in [2.24, 2.45) is 0 Å². The van der Waals surface area contributed by atoms with Crippen LogP contribution in [0.15, 0.2) is 67.3 Å². The van der Waals surface area contributed by atoms with E-state index in [1.54, 1.807) is 41.5 Å². The summed E-state index contributed by atoms with van der Waals surface area (Å²) in [6.45, 7) is 0.375. The molecule has 0 aliphatic heterocycles. The summed E-state index contributed by atoms with van der Waals surface area (Å²) in [6.07, 6.45) is 4.37. The van der Waals surface area contributed by atoms with Gasteiger partial charge in [0.05, 0.1) is 29.4 Å². The van der Waals surface area contributed by atoms with Crippen molar-refractivity contribution in [3.63, 3.8) is 0 Å². The summed E-state index contributed by atoms with van der Waals surface area (Å²) in [5.74, 6) is -0.140. The van der Waals surface area contributed by atoms with E-state index in [-0.39, 0.29) is 12.3 Å². The maximum absolute atomic E-state index is 12.5. The topological polar surface area (TPSA) is 96.5 Å². The van der Waals surface area contributed by atoms with Crippen molar-refractivity contribution in [3.8, 4) is 5.75 Å². The first-order valence-electron chi connectivity index (χ1n) is 8.31. The standard InChI is InChI=1S/C19H16IN3O5/c20-15-6-4-14(5-7-15)19(24)28-18(11-22-9-8-21-13-22)12-27-17-3-1-2-16(10-17)23(25)26/h1-10,13,18H,11-12H2. The van der Waals surface area contributed by atoms with Gasteiger partial charge < -0.3 is 14.0 Å². The number of aromatic nitrogens is 2. The van der Waals surface area contributed by atoms with E-state index in [1.807, 2.05) is 12.1 Å². The number of carbonyl (C=O) groups is 1. The van der Waals surface area contributed by atoms with Crippen molar-refractivity contribution in [2.75, 3.05) is 6.61 Å². The molecule has 9 heteroatoms. The molecule has 3 aromatic rings. The van der Waals surface area contributed by atoms with E-state index in [0.29, 0.717) is 17.9 Å². The second-order valence-corrected chi connectivity index (χ2v) is 7.10. The normalized spacial score (nSPS) is 11.6. The summed E-state index contributed by atoms with van der Waals surface area (Å²) in [7, 11) is 0. The molecule has 1 unspecified atom stereocenters. The molecule has 1 heterocycles. The minimum absolute atomic E-state index is 0.0372. The Labute approximate surface area is 174 Å². The molecule has 0 fully saturated rings. The quantitative estimate of drug-likeness (QED) is 0.206. The number of esters is 1. The van der Waals surface area contributed by atoms with E-state index in [0.717, 1.165) is 3.57 Å². The van der Waals surface area contributed by atoms with Crippen LogP contribution in [0.1, 0.15) is 10.4 Å². The average Bonchev–Trinajstić information content (AvgIpc) is 3.20. The lowest BCUT2D eigenvalue weighted by molar-refractivity contribution is -0.384. The minimum atomic E-state index is -0.611. The average molecular weight is 493 g/mol. The van der Waals surface area contributed by atoms with Crippen LogP contribution in [0.4, 0.5) is 5.69 Å². The molecule has 0 saturated carbocycles. The third-order valence-corrected chi connectivity index (χ3v) is 4.51. The number of benzene rings is 2. The molecular weight excluding hydrogens is 477 g/mol. The molecule has 1 aromatic heterocycles. The third kappa shape index (κ3) is 5.52. The molecule has 2 aromatic carbocycles. The van der Waals surface area contributed by atoms with Crippen LogP contribution in [-0.4, -0.2) is 33.2 Å². The van der Waals surface area contributed by atoms with Crippen LogP contribution < -0.4 is 4.74 Å². The fraction of sp³-hybridized carbons (Fsp3) is 0.158. The van der Waals surface area contributed by atoms with Crippen molar-refractivity contribution in [1.29, 1.82) is 0 Å². The summed E-state index contributed by atoms with van der Waals surface area (Å²) >= 11 is 2.16. The van der Waals surface area contributed by atoms with Crippen molar-refractivity contribution < 1.29 is 19.2 Å². The van der Waals surface area contributed by atoms with E-state index >= 15 is 0 Å². The van der Waals surface area contributed by atoms with E-state index in [2.05, 4.69) is 27.6 Å². The SMILES string of the molecule is O=C(OC(COc1cccc([N+](=O)[O-])c1)Cn1ccnc1)c1ccc(I)cc1. The lowest BCUT2D eigenvalue weighted by Crippen LogP contribution is -2.29. The Kier molecular flexibility index (Phi) is 6.58. The molecule has 144 valence electrons. The highest BCUT2D eigenvalue weighted by Crippen LogP contribution is 2.20. The molecule has 0 saturated heterocycles. The van der Waals surface area contributed by atoms with Crippen LogP contribution in [-0.2, 0) is 11.3 Å². The number of nitro benzene ring substituents is 1. The zero-order valence-corrected chi connectivity index (χ0v) is 16.8. The monoisotopic (exact) mass is 493 g/mol. The van der Waals surface area contributed by atoms with Gasteiger partial charge in [-0.15, -0.1) is 0 Å². The summed E-state index contributed by atoms with van der Waals surface area (Å²) in [4.78, 5) is 26.8. The first-order valence-corrected chi connectivity index (χ1v) is 9.38. The van der Waals surface area contributed by atoms with Crippen LogP contribution in [0.3, 0.4) is 0 Å². The van der Waals surface area contributed by atoms with Crippen LogP contribution in [0.2, 0.25) is 0 Å². The Hall–Kier alpha value is -2.95. The number of nitro groups is 1. The molecule has 0 radical (unpaired) electrons. The van der Waals surface area contributed by atoms with Crippen LogP contribution in [0.5, 0.6) is 5.75 Å². The van der Waals surface area contributed by atoms with E-state index in [9.17, 15) is 14.9 Å². The number of nitrogens with zero attached hydrogens (tertiary/aromatic N) is 3.